The summed E-state index contributed by atoms with van der Waals surface area (Å²) in [4.78, 5) is 30.2. The molecular formula is C15H17N3O4. The third-order valence-corrected chi connectivity index (χ3v) is 3.11. The van der Waals surface area contributed by atoms with Crippen LogP contribution in [0, 0.1) is 0 Å². The molecule has 0 fully saturated rings. The summed E-state index contributed by atoms with van der Waals surface area (Å²) in [6.45, 7) is 5.66. The van der Waals surface area contributed by atoms with Gasteiger partial charge in [-0.25, -0.2) is 4.79 Å². The third-order valence-electron chi connectivity index (χ3n) is 3.11. The van der Waals surface area contributed by atoms with Crippen LogP contribution in [-0.2, 0) is 13.1 Å². The SMILES string of the molecule is C=CCn1c(O)c(C(CC)=NCc2ccco2)c(=O)[nH]c1=O. The molecule has 0 aliphatic rings. The number of hydrogen-bond acceptors (Lipinski definition) is 5. The third kappa shape index (κ3) is 3.08. The second kappa shape index (κ2) is 6.75. The van der Waals surface area contributed by atoms with E-state index in [9.17, 15) is 14.7 Å². The molecule has 7 heteroatoms. The van der Waals surface area contributed by atoms with E-state index in [1.54, 1.807) is 12.1 Å². The molecule has 0 aliphatic carbocycles. The molecular weight excluding hydrogens is 286 g/mol. The van der Waals surface area contributed by atoms with Crippen molar-refractivity contribution in [1.29, 1.82) is 0 Å². The number of aromatic nitrogens is 2. The summed E-state index contributed by atoms with van der Waals surface area (Å²) in [6.07, 6.45) is 3.41. The van der Waals surface area contributed by atoms with Crippen LogP contribution in [0.15, 0.2) is 50.0 Å². The van der Waals surface area contributed by atoms with Gasteiger partial charge in [-0.3, -0.25) is 19.3 Å². The van der Waals surface area contributed by atoms with Crippen molar-refractivity contribution in [3.05, 3.63) is 63.2 Å². The first-order chi connectivity index (χ1) is 10.6. The van der Waals surface area contributed by atoms with Crippen molar-refractivity contribution in [3.63, 3.8) is 0 Å². The van der Waals surface area contributed by atoms with Crippen molar-refractivity contribution in [3.8, 4) is 5.88 Å². The molecule has 0 aliphatic heterocycles. The van der Waals surface area contributed by atoms with Crippen LogP contribution in [0.5, 0.6) is 5.88 Å². The molecule has 2 rings (SSSR count). The fourth-order valence-electron chi connectivity index (χ4n) is 2.06. The highest BCUT2D eigenvalue weighted by atomic mass is 16.3. The molecule has 0 aromatic carbocycles. The maximum Gasteiger partial charge on any atom is 0.331 e. The molecule has 2 aromatic rings. The molecule has 22 heavy (non-hydrogen) atoms. The van der Waals surface area contributed by atoms with E-state index in [0.29, 0.717) is 17.9 Å². The Hall–Kier alpha value is -2.83. The van der Waals surface area contributed by atoms with Gasteiger partial charge in [-0.05, 0) is 18.6 Å². The lowest BCUT2D eigenvalue weighted by Gasteiger charge is -2.10. The summed E-state index contributed by atoms with van der Waals surface area (Å²) in [5, 5.41) is 10.2. The summed E-state index contributed by atoms with van der Waals surface area (Å²) in [6, 6.07) is 3.50. The molecule has 116 valence electrons. The molecule has 0 saturated heterocycles. The summed E-state index contributed by atoms with van der Waals surface area (Å²) in [7, 11) is 0. The number of aliphatic imine (C=N–C) groups is 1. The zero-order chi connectivity index (χ0) is 16.1. The Labute approximate surface area is 126 Å². The van der Waals surface area contributed by atoms with E-state index in [1.807, 2.05) is 6.92 Å². The average Bonchev–Trinajstić information content (AvgIpc) is 3.00. The zero-order valence-electron chi connectivity index (χ0n) is 12.2. The van der Waals surface area contributed by atoms with Crippen molar-refractivity contribution in [2.75, 3.05) is 0 Å². The van der Waals surface area contributed by atoms with Gasteiger partial charge in [0.1, 0.15) is 11.3 Å². The van der Waals surface area contributed by atoms with Crippen LogP contribution in [0.4, 0.5) is 0 Å². The molecule has 0 spiro atoms. The number of hydrogen-bond donors (Lipinski definition) is 2. The van der Waals surface area contributed by atoms with Crippen molar-refractivity contribution < 1.29 is 9.52 Å². The molecule has 0 atom stereocenters. The second-order valence-electron chi connectivity index (χ2n) is 4.55. The average molecular weight is 303 g/mol. The Morgan fingerprint density at radius 1 is 1.55 bits per heavy atom. The smallest absolute Gasteiger partial charge is 0.331 e. The van der Waals surface area contributed by atoms with E-state index in [4.69, 9.17) is 4.42 Å². The normalized spacial score (nSPS) is 11.6. The van der Waals surface area contributed by atoms with Gasteiger partial charge in [0.15, 0.2) is 0 Å². The zero-order valence-corrected chi connectivity index (χ0v) is 12.2. The topological polar surface area (TPSA) is 101 Å². The van der Waals surface area contributed by atoms with E-state index >= 15 is 0 Å². The standard InChI is InChI=1S/C15H17N3O4/c1-3-7-18-14(20)12(13(19)17-15(18)21)11(4-2)16-9-10-6-5-8-22-10/h3,5-6,8,20H,1,4,7,9H2,2H3,(H,17,19,21). The fraction of sp³-hybridized carbons (Fsp3) is 0.267. The second-order valence-corrected chi connectivity index (χ2v) is 4.55. The summed E-state index contributed by atoms with van der Waals surface area (Å²) < 4.78 is 6.21. The number of nitrogens with zero attached hydrogens (tertiary/aromatic N) is 2. The van der Waals surface area contributed by atoms with Crippen molar-refractivity contribution in [2.45, 2.75) is 26.4 Å². The van der Waals surface area contributed by atoms with Crippen molar-refractivity contribution in [2.24, 2.45) is 4.99 Å². The first kappa shape index (κ1) is 15.6. The molecule has 2 aromatic heterocycles. The van der Waals surface area contributed by atoms with Crippen molar-refractivity contribution >= 4 is 5.71 Å². The van der Waals surface area contributed by atoms with Gasteiger partial charge in [-0.2, -0.15) is 0 Å². The Kier molecular flexibility index (Phi) is 4.77. The molecule has 0 amide bonds. The molecule has 0 bridgehead atoms. The van der Waals surface area contributed by atoms with E-state index in [-0.39, 0.29) is 18.7 Å². The van der Waals surface area contributed by atoms with Crippen LogP contribution in [0.2, 0.25) is 0 Å². The van der Waals surface area contributed by atoms with Crippen LogP contribution in [0.25, 0.3) is 0 Å². The van der Waals surface area contributed by atoms with Gasteiger partial charge >= 0.3 is 5.69 Å². The fourth-order valence-corrected chi connectivity index (χ4v) is 2.06. The van der Waals surface area contributed by atoms with E-state index in [1.165, 1.54) is 12.3 Å². The molecule has 0 radical (unpaired) electrons. The van der Waals surface area contributed by atoms with Crippen LogP contribution in [-0.4, -0.2) is 20.4 Å². The summed E-state index contributed by atoms with van der Waals surface area (Å²) >= 11 is 0. The minimum absolute atomic E-state index is 0.00416. The highest BCUT2D eigenvalue weighted by molar-refractivity contribution is 6.01. The predicted octanol–water partition coefficient (Wildman–Crippen LogP) is 1.42. The van der Waals surface area contributed by atoms with Gasteiger partial charge in [-0.15, -0.1) is 6.58 Å². The number of aromatic hydroxyl groups is 1. The van der Waals surface area contributed by atoms with Crippen LogP contribution in [0.3, 0.4) is 0 Å². The summed E-state index contributed by atoms with van der Waals surface area (Å²) in [5.41, 5.74) is -0.959. The van der Waals surface area contributed by atoms with E-state index in [0.717, 1.165) is 4.57 Å². The van der Waals surface area contributed by atoms with Crippen LogP contribution >= 0.6 is 0 Å². The number of furan rings is 1. The summed E-state index contributed by atoms with van der Waals surface area (Å²) in [5.74, 6) is 0.231. The largest absolute Gasteiger partial charge is 0.494 e. The molecule has 0 unspecified atom stereocenters. The minimum Gasteiger partial charge on any atom is -0.494 e. The minimum atomic E-state index is -0.687. The lowest BCUT2D eigenvalue weighted by molar-refractivity contribution is 0.409. The molecule has 2 heterocycles. The van der Waals surface area contributed by atoms with Crippen molar-refractivity contribution in [1.82, 2.24) is 9.55 Å². The van der Waals surface area contributed by atoms with Gasteiger partial charge in [0.05, 0.1) is 18.5 Å². The highest BCUT2D eigenvalue weighted by Gasteiger charge is 2.17. The number of aromatic amines is 1. The van der Waals surface area contributed by atoms with Crippen LogP contribution < -0.4 is 11.2 Å². The highest BCUT2D eigenvalue weighted by Crippen LogP contribution is 2.14. The Morgan fingerprint density at radius 3 is 2.91 bits per heavy atom. The molecule has 0 saturated carbocycles. The van der Waals surface area contributed by atoms with Gasteiger partial charge in [0, 0.05) is 6.54 Å². The lowest BCUT2D eigenvalue weighted by Crippen LogP contribution is -2.33. The number of rotatable bonds is 6. The van der Waals surface area contributed by atoms with Gasteiger partial charge in [0.2, 0.25) is 5.88 Å². The van der Waals surface area contributed by atoms with E-state index < -0.39 is 17.1 Å². The van der Waals surface area contributed by atoms with Gasteiger partial charge in [-0.1, -0.05) is 13.0 Å². The maximum atomic E-state index is 12.0. The molecule has 2 N–H and O–H groups in total. The van der Waals surface area contributed by atoms with Crippen LogP contribution in [0.1, 0.15) is 24.7 Å². The quantitative estimate of drug-likeness (QED) is 0.622. The first-order valence-electron chi connectivity index (χ1n) is 6.81. The Morgan fingerprint density at radius 2 is 2.32 bits per heavy atom. The van der Waals surface area contributed by atoms with Gasteiger partial charge in [0.25, 0.3) is 5.56 Å². The van der Waals surface area contributed by atoms with E-state index in [2.05, 4.69) is 16.6 Å². The van der Waals surface area contributed by atoms with Gasteiger partial charge < -0.3 is 9.52 Å². The maximum absolute atomic E-state index is 12.0. The molecule has 7 nitrogen and oxygen atoms in total. The first-order valence-corrected chi connectivity index (χ1v) is 6.81. The number of allylic oxidation sites excluding steroid dienone is 1. The number of H-pyrrole nitrogens is 1. The lowest BCUT2D eigenvalue weighted by atomic mass is 10.1. The Bertz CT molecular complexity index is 797. The Balaban J connectivity index is 2.51. The monoisotopic (exact) mass is 303 g/mol. The number of nitrogens with one attached hydrogen (secondary N) is 1. The predicted molar refractivity (Wildman–Crippen MR) is 82.4 cm³/mol.